The molecule has 1 fully saturated rings. The number of thioether (sulfide) groups is 1. The maximum absolute atomic E-state index is 12.7. The molecule has 15 nitrogen and oxygen atoms in total. The third-order valence-corrected chi connectivity index (χ3v) is 8.23. The molecule has 0 aliphatic carbocycles. The lowest BCUT2D eigenvalue weighted by Crippen LogP contribution is -2.56. The third-order valence-electron chi connectivity index (χ3n) is 7.02. The molecule has 2 heterocycles. The molecule has 7 atom stereocenters. The first-order valence-electron chi connectivity index (χ1n) is 15.3. The lowest BCUT2D eigenvalue weighted by Gasteiger charge is -2.39. The number of rotatable bonds is 21. The maximum atomic E-state index is 12.7. The van der Waals surface area contributed by atoms with Gasteiger partial charge in [0, 0.05) is 24.3 Å². The quantitative estimate of drug-likeness (QED) is 0.0795. The molecule has 252 valence electrons. The summed E-state index contributed by atoms with van der Waals surface area (Å²) in [6, 6.07) is -0.982. The van der Waals surface area contributed by atoms with Crippen molar-refractivity contribution >= 4 is 35.4 Å². The average Bonchev–Trinajstić information content (AvgIpc) is 3.47. The van der Waals surface area contributed by atoms with E-state index in [9.17, 15) is 34.8 Å². The second-order valence-electron chi connectivity index (χ2n) is 10.9. The fourth-order valence-electron chi connectivity index (χ4n) is 4.39. The molecule has 0 radical (unpaired) electrons. The van der Waals surface area contributed by atoms with Gasteiger partial charge < -0.3 is 45.7 Å². The van der Waals surface area contributed by atoms with E-state index in [1.54, 1.807) is 0 Å². The summed E-state index contributed by atoms with van der Waals surface area (Å²) in [7, 11) is 0. The number of hydrogen-bond donors (Lipinski definition) is 6. The second-order valence-corrected chi connectivity index (χ2v) is 11.9. The van der Waals surface area contributed by atoms with Gasteiger partial charge in [0.25, 0.3) is 0 Å². The Morgan fingerprint density at radius 2 is 1.66 bits per heavy atom. The van der Waals surface area contributed by atoms with Gasteiger partial charge in [0.2, 0.25) is 5.91 Å². The van der Waals surface area contributed by atoms with Crippen LogP contribution in [0.2, 0.25) is 0 Å². The number of aliphatic hydroxyl groups is 4. The zero-order chi connectivity index (χ0) is 32.5. The minimum absolute atomic E-state index is 0.00635. The smallest absolute Gasteiger partial charge is 0.306 e. The van der Waals surface area contributed by atoms with Crippen LogP contribution in [0.4, 0.5) is 5.82 Å². The lowest BCUT2D eigenvalue weighted by atomic mass is 9.98. The number of amides is 1. The van der Waals surface area contributed by atoms with Crippen LogP contribution in [0.25, 0.3) is 0 Å². The van der Waals surface area contributed by atoms with E-state index in [1.807, 2.05) is 0 Å². The standard InChI is InChI=1S/C28H49N5O10S/c1-3-5-7-9-11-22(35)41-15-18(42-23(36)12-10-8-6-4-2)16-44-17-19(29)27(40)30-21-13-33(32-31-21)28-26(39)25(38)24(37)20(14-34)43-28/h13,18-20,24-26,28,34,37-39H,3-12,14-17,29H2,1-2H3,(H,30,40)/t18-,19-,20?,24?,25?,26?,28-/m1/s1. The number of unbranched alkanes of at least 4 members (excludes halogenated alkanes) is 6. The van der Waals surface area contributed by atoms with E-state index in [4.69, 9.17) is 19.9 Å². The second kappa shape index (κ2) is 20.6. The van der Waals surface area contributed by atoms with Crippen LogP contribution in [0.1, 0.15) is 84.3 Å². The SMILES string of the molecule is CCCCCCC(=O)OC[C@H](CSC[C@@H](N)C(=O)Nc1cn([C@@H]2OC(CO)C(O)C(O)C2O)nn1)OC(=O)CCCCCC. The number of carbonyl (C=O) groups is 3. The van der Waals surface area contributed by atoms with Gasteiger partial charge in [-0.2, -0.15) is 11.8 Å². The van der Waals surface area contributed by atoms with Crippen molar-refractivity contribution in [2.45, 2.75) is 121 Å². The van der Waals surface area contributed by atoms with E-state index in [-0.39, 0.29) is 42.3 Å². The predicted octanol–water partition coefficient (Wildman–Crippen LogP) is 0.645. The molecule has 0 bridgehead atoms. The maximum Gasteiger partial charge on any atom is 0.306 e. The van der Waals surface area contributed by atoms with Crippen LogP contribution in [-0.4, -0.2) is 115 Å². The van der Waals surface area contributed by atoms with Crippen LogP contribution in [0.3, 0.4) is 0 Å². The molecule has 2 rings (SSSR count). The fraction of sp³-hybridized carbons (Fsp3) is 0.821. The Balaban J connectivity index is 1.86. The van der Waals surface area contributed by atoms with Gasteiger partial charge in [0.05, 0.1) is 18.8 Å². The Morgan fingerprint density at radius 3 is 2.30 bits per heavy atom. The molecule has 1 aliphatic heterocycles. The summed E-state index contributed by atoms with van der Waals surface area (Å²) in [6.45, 7) is 3.49. The number of esters is 2. The van der Waals surface area contributed by atoms with E-state index in [2.05, 4.69) is 29.5 Å². The zero-order valence-electron chi connectivity index (χ0n) is 25.6. The summed E-state index contributed by atoms with van der Waals surface area (Å²) in [5.74, 6) is -0.882. The van der Waals surface area contributed by atoms with Crippen molar-refractivity contribution < 1.29 is 49.0 Å². The summed E-state index contributed by atoms with van der Waals surface area (Å²) < 4.78 is 17.4. The molecule has 0 saturated carbocycles. The van der Waals surface area contributed by atoms with Gasteiger partial charge in [-0.25, -0.2) is 4.68 Å². The van der Waals surface area contributed by atoms with Gasteiger partial charge in [-0.3, -0.25) is 14.4 Å². The number of nitrogens with two attached hydrogens (primary N) is 1. The summed E-state index contributed by atoms with van der Waals surface area (Å²) >= 11 is 1.27. The molecule has 16 heteroatoms. The van der Waals surface area contributed by atoms with Gasteiger partial charge in [0.1, 0.15) is 37.1 Å². The monoisotopic (exact) mass is 647 g/mol. The highest BCUT2D eigenvalue weighted by molar-refractivity contribution is 7.99. The fourth-order valence-corrected chi connectivity index (χ4v) is 5.36. The number of carbonyl (C=O) groups excluding carboxylic acids is 3. The Kier molecular flexibility index (Phi) is 17.8. The molecule has 1 aromatic heterocycles. The van der Waals surface area contributed by atoms with Crippen molar-refractivity contribution in [1.29, 1.82) is 0 Å². The number of anilines is 1. The minimum atomic E-state index is -1.60. The predicted molar refractivity (Wildman–Crippen MR) is 161 cm³/mol. The molecule has 1 aliphatic rings. The number of aromatic nitrogens is 3. The Labute approximate surface area is 262 Å². The first kappa shape index (κ1) is 37.8. The summed E-state index contributed by atoms with van der Waals surface area (Å²) in [5.41, 5.74) is 6.06. The van der Waals surface area contributed by atoms with E-state index in [0.29, 0.717) is 6.42 Å². The molecule has 44 heavy (non-hydrogen) atoms. The Morgan fingerprint density at radius 1 is 1.00 bits per heavy atom. The van der Waals surface area contributed by atoms with Gasteiger partial charge in [-0.1, -0.05) is 57.6 Å². The topological polar surface area (TPSA) is 229 Å². The van der Waals surface area contributed by atoms with Gasteiger partial charge in [-0.05, 0) is 12.8 Å². The van der Waals surface area contributed by atoms with Crippen LogP contribution < -0.4 is 11.1 Å². The van der Waals surface area contributed by atoms with Crippen molar-refractivity contribution in [3.8, 4) is 0 Å². The van der Waals surface area contributed by atoms with Gasteiger partial charge in [-0.15, -0.1) is 5.10 Å². The highest BCUT2D eigenvalue weighted by Crippen LogP contribution is 2.28. The molecule has 0 spiro atoms. The Bertz CT molecular complexity index is 1000. The molecule has 1 amide bonds. The third kappa shape index (κ3) is 12.9. The lowest BCUT2D eigenvalue weighted by molar-refractivity contribution is -0.254. The number of nitrogens with zero attached hydrogens (tertiary/aromatic N) is 3. The van der Waals surface area contributed by atoms with E-state index >= 15 is 0 Å². The van der Waals surface area contributed by atoms with Crippen LogP contribution in [-0.2, 0) is 28.6 Å². The average molecular weight is 648 g/mol. The van der Waals surface area contributed by atoms with E-state index < -0.39 is 55.3 Å². The molecule has 1 aromatic rings. The molecule has 1 saturated heterocycles. The highest BCUT2D eigenvalue weighted by Gasteiger charge is 2.44. The zero-order valence-corrected chi connectivity index (χ0v) is 26.4. The van der Waals surface area contributed by atoms with Crippen molar-refractivity contribution in [1.82, 2.24) is 15.0 Å². The molecule has 7 N–H and O–H groups in total. The largest absolute Gasteiger partial charge is 0.462 e. The molecular weight excluding hydrogens is 598 g/mol. The van der Waals surface area contributed by atoms with E-state index in [1.165, 1.54) is 18.0 Å². The van der Waals surface area contributed by atoms with Crippen molar-refractivity contribution in [2.75, 3.05) is 30.0 Å². The van der Waals surface area contributed by atoms with Crippen LogP contribution in [0.15, 0.2) is 6.20 Å². The van der Waals surface area contributed by atoms with Gasteiger partial charge >= 0.3 is 11.9 Å². The van der Waals surface area contributed by atoms with Crippen LogP contribution in [0.5, 0.6) is 0 Å². The number of hydrogen-bond acceptors (Lipinski definition) is 14. The van der Waals surface area contributed by atoms with Gasteiger partial charge in [0.15, 0.2) is 12.0 Å². The number of aliphatic hydroxyl groups excluding tert-OH is 4. The van der Waals surface area contributed by atoms with Crippen molar-refractivity contribution in [3.63, 3.8) is 0 Å². The van der Waals surface area contributed by atoms with Crippen LogP contribution >= 0.6 is 11.8 Å². The molecule has 0 aromatic carbocycles. The van der Waals surface area contributed by atoms with Crippen molar-refractivity contribution in [3.05, 3.63) is 6.20 Å². The first-order valence-corrected chi connectivity index (χ1v) is 16.5. The minimum Gasteiger partial charge on any atom is -0.462 e. The summed E-state index contributed by atoms with van der Waals surface area (Å²) in [4.78, 5) is 37.2. The highest BCUT2D eigenvalue weighted by atomic mass is 32.2. The van der Waals surface area contributed by atoms with E-state index in [0.717, 1.165) is 56.0 Å². The molecular formula is C28H49N5O10S. The summed E-state index contributed by atoms with van der Waals surface area (Å²) in [5, 5.41) is 49.7. The number of ether oxygens (including phenoxy) is 3. The first-order chi connectivity index (χ1) is 21.1. The summed E-state index contributed by atoms with van der Waals surface area (Å²) in [6.07, 6.45) is 1.55. The molecule has 4 unspecified atom stereocenters. The van der Waals surface area contributed by atoms with Crippen LogP contribution in [0, 0.1) is 0 Å². The number of nitrogens with one attached hydrogen (secondary N) is 1. The normalized spacial score (nSPS) is 23.1. The Hall–Kier alpha value is -2.34. The van der Waals surface area contributed by atoms with Crippen molar-refractivity contribution in [2.24, 2.45) is 5.73 Å².